The van der Waals surface area contributed by atoms with Crippen LogP contribution < -0.4 is 5.32 Å². The predicted molar refractivity (Wildman–Crippen MR) is 71.4 cm³/mol. The van der Waals surface area contributed by atoms with E-state index in [1.54, 1.807) is 6.20 Å². The molecule has 0 aliphatic heterocycles. The zero-order chi connectivity index (χ0) is 12.5. The molecule has 0 spiro atoms. The third kappa shape index (κ3) is 1.79. The Kier molecular flexibility index (Phi) is 2.44. The number of hydrogen-bond donors (Lipinski definition) is 2. The van der Waals surface area contributed by atoms with Crippen molar-refractivity contribution in [2.75, 3.05) is 12.4 Å². The molecule has 0 aromatic carbocycles. The van der Waals surface area contributed by atoms with Gasteiger partial charge < -0.3 is 10.3 Å². The summed E-state index contributed by atoms with van der Waals surface area (Å²) in [6, 6.07) is 7.82. The number of fused-ring (bicyclic) bond motifs is 1. The predicted octanol–water partition coefficient (Wildman–Crippen LogP) is 2.37. The van der Waals surface area contributed by atoms with E-state index in [1.807, 2.05) is 38.2 Å². The van der Waals surface area contributed by atoms with Gasteiger partial charge in [-0.15, -0.1) is 0 Å². The summed E-state index contributed by atoms with van der Waals surface area (Å²) in [5.74, 6) is 1.63. The van der Waals surface area contributed by atoms with Crippen LogP contribution in [0.15, 0.2) is 30.5 Å². The first kappa shape index (κ1) is 10.7. The molecule has 0 saturated heterocycles. The minimum Gasteiger partial charge on any atom is -0.373 e. The number of nitrogens with zero attached hydrogens (tertiary/aromatic N) is 3. The summed E-state index contributed by atoms with van der Waals surface area (Å²) in [5, 5.41) is 3.00. The molecular weight excluding hydrogens is 226 g/mol. The van der Waals surface area contributed by atoms with E-state index in [2.05, 4.69) is 25.3 Å². The number of pyridine rings is 2. The molecule has 0 radical (unpaired) electrons. The summed E-state index contributed by atoms with van der Waals surface area (Å²) in [6.45, 7) is 1.96. The number of imidazole rings is 1. The highest BCUT2D eigenvalue weighted by molar-refractivity contribution is 5.77. The van der Waals surface area contributed by atoms with E-state index in [0.717, 1.165) is 28.4 Å². The van der Waals surface area contributed by atoms with Crippen LogP contribution in [0.5, 0.6) is 0 Å². The molecule has 5 nitrogen and oxygen atoms in total. The third-order valence-corrected chi connectivity index (χ3v) is 2.77. The lowest BCUT2D eigenvalue weighted by Gasteiger charge is -1.96. The standard InChI is InChI=1S/C13H13N5/c1-8-7-9(5-6-15-8)12-16-10-3-4-11(14-2)17-13(10)18-12/h3-7H,1-2H3,(H2,14,16,17,18). The Bertz CT molecular complexity index is 701. The van der Waals surface area contributed by atoms with Crippen LogP contribution in [-0.4, -0.2) is 27.0 Å². The number of rotatable bonds is 2. The van der Waals surface area contributed by atoms with Gasteiger partial charge >= 0.3 is 0 Å². The highest BCUT2D eigenvalue weighted by Gasteiger charge is 2.07. The number of anilines is 1. The van der Waals surface area contributed by atoms with Crippen molar-refractivity contribution in [3.63, 3.8) is 0 Å². The maximum Gasteiger partial charge on any atom is 0.180 e. The van der Waals surface area contributed by atoms with Crippen molar-refractivity contribution in [2.24, 2.45) is 0 Å². The van der Waals surface area contributed by atoms with E-state index in [4.69, 9.17) is 0 Å². The summed E-state index contributed by atoms with van der Waals surface area (Å²) < 4.78 is 0. The molecule has 0 unspecified atom stereocenters. The molecule has 2 N–H and O–H groups in total. The van der Waals surface area contributed by atoms with Crippen molar-refractivity contribution in [3.8, 4) is 11.4 Å². The number of hydrogen-bond acceptors (Lipinski definition) is 4. The van der Waals surface area contributed by atoms with Crippen LogP contribution >= 0.6 is 0 Å². The lowest BCUT2D eigenvalue weighted by atomic mass is 10.2. The molecule has 0 aliphatic carbocycles. The third-order valence-electron chi connectivity index (χ3n) is 2.77. The van der Waals surface area contributed by atoms with Crippen molar-refractivity contribution in [2.45, 2.75) is 6.92 Å². The average molecular weight is 239 g/mol. The molecule has 3 aromatic heterocycles. The Morgan fingerprint density at radius 3 is 2.83 bits per heavy atom. The highest BCUT2D eigenvalue weighted by atomic mass is 15.0. The second kappa shape index (κ2) is 4.10. The first-order chi connectivity index (χ1) is 8.76. The number of nitrogens with one attached hydrogen (secondary N) is 2. The van der Waals surface area contributed by atoms with Crippen LogP contribution in [0.25, 0.3) is 22.6 Å². The Morgan fingerprint density at radius 2 is 2.06 bits per heavy atom. The van der Waals surface area contributed by atoms with Crippen molar-refractivity contribution in [1.82, 2.24) is 19.9 Å². The van der Waals surface area contributed by atoms with Gasteiger partial charge in [0.2, 0.25) is 0 Å². The van der Waals surface area contributed by atoms with Gasteiger partial charge in [0, 0.05) is 24.5 Å². The monoisotopic (exact) mass is 239 g/mol. The van der Waals surface area contributed by atoms with E-state index < -0.39 is 0 Å². The topological polar surface area (TPSA) is 66.5 Å². The van der Waals surface area contributed by atoms with Gasteiger partial charge in [0.05, 0.1) is 5.52 Å². The second-order valence-corrected chi connectivity index (χ2v) is 4.09. The van der Waals surface area contributed by atoms with Crippen molar-refractivity contribution >= 4 is 17.0 Å². The number of aromatic nitrogens is 4. The van der Waals surface area contributed by atoms with Crippen LogP contribution in [-0.2, 0) is 0 Å². The molecule has 0 amide bonds. The number of H-pyrrole nitrogens is 1. The van der Waals surface area contributed by atoms with Crippen LogP contribution in [0.2, 0.25) is 0 Å². The number of aromatic amines is 1. The maximum atomic E-state index is 4.50. The smallest absolute Gasteiger partial charge is 0.180 e. The van der Waals surface area contributed by atoms with Gasteiger partial charge in [-0.3, -0.25) is 4.98 Å². The van der Waals surface area contributed by atoms with Crippen molar-refractivity contribution < 1.29 is 0 Å². The summed E-state index contributed by atoms with van der Waals surface area (Å²) >= 11 is 0. The highest BCUT2D eigenvalue weighted by Crippen LogP contribution is 2.20. The van der Waals surface area contributed by atoms with Crippen LogP contribution in [0, 0.1) is 6.92 Å². The molecule has 0 bridgehead atoms. The normalized spacial score (nSPS) is 10.8. The zero-order valence-corrected chi connectivity index (χ0v) is 10.2. The van der Waals surface area contributed by atoms with E-state index >= 15 is 0 Å². The molecule has 3 rings (SSSR count). The fourth-order valence-electron chi connectivity index (χ4n) is 1.86. The van der Waals surface area contributed by atoms with Gasteiger partial charge in [0.25, 0.3) is 0 Å². The molecule has 0 fully saturated rings. The molecule has 5 heteroatoms. The van der Waals surface area contributed by atoms with Crippen LogP contribution in [0.4, 0.5) is 5.82 Å². The van der Waals surface area contributed by atoms with Gasteiger partial charge in [0.1, 0.15) is 11.6 Å². The zero-order valence-electron chi connectivity index (χ0n) is 10.2. The lowest BCUT2D eigenvalue weighted by Crippen LogP contribution is -1.91. The largest absolute Gasteiger partial charge is 0.373 e. The first-order valence-electron chi connectivity index (χ1n) is 5.74. The summed E-state index contributed by atoms with van der Waals surface area (Å²) in [5.41, 5.74) is 3.63. The molecular formula is C13H13N5. The first-order valence-corrected chi connectivity index (χ1v) is 5.74. The van der Waals surface area contributed by atoms with Gasteiger partial charge in [-0.2, -0.15) is 0 Å². The molecule has 90 valence electrons. The van der Waals surface area contributed by atoms with Gasteiger partial charge in [-0.1, -0.05) is 0 Å². The summed E-state index contributed by atoms with van der Waals surface area (Å²) in [4.78, 5) is 16.3. The molecule has 0 saturated carbocycles. The maximum absolute atomic E-state index is 4.50. The van der Waals surface area contributed by atoms with E-state index in [9.17, 15) is 0 Å². The minimum absolute atomic E-state index is 0.714. The Labute approximate surface area is 104 Å². The van der Waals surface area contributed by atoms with Crippen LogP contribution in [0.1, 0.15) is 5.69 Å². The molecule has 3 aromatic rings. The van der Waals surface area contributed by atoms with Gasteiger partial charge in [-0.05, 0) is 31.2 Å². The van der Waals surface area contributed by atoms with Gasteiger partial charge in [-0.25, -0.2) is 9.97 Å². The van der Waals surface area contributed by atoms with E-state index in [-0.39, 0.29) is 0 Å². The Morgan fingerprint density at radius 1 is 1.17 bits per heavy atom. The summed E-state index contributed by atoms with van der Waals surface area (Å²) in [7, 11) is 1.84. The second-order valence-electron chi connectivity index (χ2n) is 4.09. The SMILES string of the molecule is CNc1ccc2[nH]c(-c3ccnc(C)c3)nc2n1. The molecule has 0 aliphatic rings. The average Bonchev–Trinajstić information content (AvgIpc) is 2.81. The summed E-state index contributed by atoms with van der Waals surface area (Å²) in [6.07, 6.45) is 1.78. The van der Waals surface area contributed by atoms with Gasteiger partial charge in [0.15, 0.2) is 5.65 Å². The Hall–Kier alpha value is -2.43. The quantitative estimate of drug-likeness (QED) is 0.720. The number of aryl methyl sites for hydroxylation is 1. The van der Waals surface area contributed by atoms with Crippen LogP contribution in [0.3, 0.4) is 0 Å². The fourth-order valence-corrected chi connectivity index (χ4v) is 1.86. The van der Waals surface area contributed by atoms with E-state index in [1.165, 1.54) is 0 Å². The van der Waals surface area contributed by atoms with Crippen molar-refractivity contribution in [1.29, 1.82) is 0 Å². The fraction of sp³-hybridized carbons (Fsp3) is 0.154. The Balaban J connectivity index is 2.13. The molecule has 3 heterocycles. The van der Waals surface area contributed by atoms with E-state index in [0.29, 0.717) is 5.65 Å². The molecule has 0 atom stereocenters. The lowest BCUT2D eigenvalue weighted by molar-refractivity contribution is 1.19. The minimum atomic E-state index is 0.714. The molecule has 18 heavy (non-hydrogen) atoms. The van der Waals surface area contributed by atoms with Crippen molar-refractivity contribution in [3.05, 3.63) is 36.2 Å².